The number of ketones is 2. The molecular formula is C63H49F8NO3. The van der Waals surface area contributed by atoms with Crippen LogP contribution >= 0.6 is 0 Å². The molecule has 0 spiro atoms. The number of carbonyl (C=O) groups excluding carboxylic acids is 3. The first-order valence-corrected chi connectivity index (χ1v) is 22.9. The normalized spacial score (nSPS) is 11.2. The number of carbonyl (C=O) groups is 3. The molecule has 0 aliphatic carbocycles. The Labute approximate surface area is 429 Å². The molecule has 0 aliphatic heterocycles. The SMILES string of the molecule is C.CC(=O)C(c1ccc(F)cc1)(c1ccc(F)cc1)c1ccccc1F.CC(=O)C(c1ccccc1)(c1ccc(F)cc1)c1ccc(F)cc1.NC(=O)C(c1ccc(F)cc1)(c1ccc(F)cc1)c1ccc(F)cc1. The fraction of sp³-hybridized carbons (Fsp3) is 0.0952. The van der Waals surface area contributed by atoms with Crippen molar-refractivity contribution in [1.29, 1.82) is 0 Å². The van der Waals surface area contributed by atoms with Gasteiger partial charge in [-0.1, -0.05) is 141 Å². The fourth-order valence-corrected chi connectivity index (χ4v) is 9.46. The van der Waals surface area contributed by atoms with Crippen molar-refractivity contribution in [1.82, 2.24) is 0 Å². The predicted molar refractivity (Wildman–Crippen MR) is 275 cm³/mol. The Morgan fingerprint density at radius 2 is 0.507 bits per heavy atom. The maximum Gasteiger partial charge on any atom is 0.237 e. The molecule has 0 radical (unpaired) electrons. The van der Waals surface area contributed by atoms with E-state index in [4.69, 9.17) is 5.73 Å². The Morgan fingerprint density at radius 1 is 0.293 bits per heavy atom. The molecule has 9 aromatic rings. The number of halogens is 8. The van der Waals surface area contributed by atoms with Crippen LogP contribution in [-0.4, -0.2) is 17.5 Å². The number of primary amides is 1. The molecule has 0 saturated heterocycles. The molecule has 2 N–H and O–H groups in total. The van der Waals surface area contributed by atoms with Crippen LogP contribution in [0.4, 0.5) is 35.1 Å². The molecule has 75 heavy (non-hydrogen) atoms. The molecule has 0 fully saturated rings. The number of Topliss-reactive ketones (excluding diaryl/α,β-unsaturated/α-hetero) is 2. The fourth-order valence-electron chi connectivity index (χ4n) is 9.46. The van der Waals surface area contributed by atoms with Crippen molar-refractivity contribution in [3.63, 3.8) is 0 Å². The number of hydrogen-bond acceptors (Lipinski definition) is 3. The van der Waals surface area contributed by atoms with Gasteiger partial charge in [0.05, 0.1) is 0 Å². The van der Waals surface area contributed by atoms with Gasteiger partial charge in [0.1, 0.15) is 74.3 Å². The van der Waals surface area contributed by atoms with Crippen LogP contribution in [0.2, 0.25) is 0 Å². The third kappa shape index (κ3) is 11.3. The Bertz CT molecular complexity index is 3150. The highest BCUT2D eigenvalue weighted by molar-refractivity contribution is 5.97. The third-order valence-corrected chi connectivity index (χ3v) is 12.9. The third-order valence-electron chi connectivity index (χ3n) is 12.9. The molecule has 9 aromatic carbocycles. The zero-order valence-corrected chi connectivity index (χ0v) is 39.7. The molecule has 1 amide bonds. The van der Waals surface area contributed by atoms with Crippen molar-refractivity contribution in [2.75, 3.05) is 0 Å². The van der Waals surface area contributed by atoms with E-state index in [1.807, 2.05) is 30.3 Å². The van der Waals surface area contributed by atoms with Crippen LogP contribution in [0.25, 0.3) is 0 Å². The van der Waals surface area contributed by atoms with E-state index in [1.165, 1.54) is 178 Å². The van der Waals surface area contributed by atoms with Gasteiger partial charge in [-0.3, -0.25) is 14.4 Å². The monoisotopic (exact) mass is 1020 g/mol. The lowest BCUT2D eigenvalue weighted by Crippen LogP contribution is -2.43. The first-order valence-electron chi connectivity index (χ1n) is 22.9. The van der Waals surface area contributed by atoms with Crippen molar-refractivity contribution >= 4 is 17.5 Å². The molecule has 0 aromatic heterocycles. The Hall–Kier alpha value is -8.77. The van der Waals surface area contributed by atoms with Gasteiger partial charge in [-0.15, -0.1) is 0 Å². The number of amides is 1. The van der Waals surface area contributed by atoms with Crippen molar-refractivity contribution < 1.29 is 49.5 Å². The number of rotatable bonds is 12. The van der Waals surface area contributed by atoms with Gasteiger partial charge in [-0.2, -0.15) is 0 Å². The summed E-state index contributed by atoms with van der Waals surface area (Å²) in [7, 11) is 0. The summed E-state index contributed by atoms with van der Waals surface area (Å²) in [5.74, 6) is -4.86. The second-order valence-corrected chi connectivity index (χ2v) is 17.1. The quantitative estimate of drug-likeness (QED) is 0.0978. The van der Waals surface area contributed by atoms with Crippen molar-refractivity contribution in [3.05, 3.63) is 321 Å². The minimum atomic E-state index is -1.50. The molecule has 0 aliphatic rings. The topological polar surface area (TPSA) is 77.2 Å². The zero-order chi connectivity index (χ0) is 53.2. The van der Waals surface area contributed by atoms with E-state index in [1.54, 1.807) is 30.3 Å². The van der Waals surface area contributed by atoms with Gasteiger partial charge in [0.2, 0.25) is 5.91 Å². The summed E-state index contributed by atoms with van der Waals surface area (Å²) in [6.45, 7) is 2.85. The Balaban J connectivity index is 0.000000182. The predicted octanol–water partition coefficient (Wildman–Crippen LogP) is 14.5. The molecule has 0 atom stereocenters. The average molecular weight is 1020 g/mol. The highest BCUT2D eigenvalue weighted by Gasteiger charge is 2.45. The highest BCUT2D eigenvalue weighted by atomic mass is 19.2. The summed E-state index contributed by atoms with van der Waals surface area (Å²) >= 11 is 0. The summed E-state index contributed by atoms with van der Waals surface area (Å²) in [6, 6.07) is 53.5. The standard InChI is InChI=1S/C21H15F3O.C21H16F2O.C20H14F3NO.CH4/c1-14(25)21(15-6-10-17(22)11-7-15,16-8-12-18(23)13-9-16)19-4-2-3-5-20(19)24;1-15(24)21(16-5-3-2-4-6-16,17-7-11-19(22)12-8-17)18-9-13-20(23)14-10-18;21-16-7-1-13(2-8-16)20(19(24)25,14-3-9-17(22)10-4-14)15-5-11-18(23)12-6-15;/h2-13H,1H3;2-14H,1H3;1-12H,(H2,24,25);1H4. The van der Waals surface area contributed by atoms with Crippen LogP contribution in [0.15, 0.2) is 224 Å². The number of benzene rings is 9. The highest BCUT2D eigenvalue weighted by Crippen LogP contribution is 2.43. The van der Waals surface area contributed by atoms with Crippen LogP contribution in [0.1, 0.15) is 71.3 Å². The van der Waals surface area contributed by atoms with E-state index < -0.39 is 57.1 Å². The average Bonchev–Trinajstić information content (AvgIpc) is 3.39. The minimum Gasteiger partial charge on any atom is -0.368 e. The zero-order valence-electron chi connectivity index (χ0n) is 39.7. The maximum absolute atomic E-state index is 14.7. The van der Waals surface area contributed by atoms with E-state index >= 15 is 0 Å². The lowest BCUT2D eigenvalue weighted by molar-refractivity contribution is -0.121. The van der Waals surface area contributed by atoms with Crippen LogP contribution in [0.5, 0.6) is 0 Å². The van der Waals surface area contributed by atoms with Crippen LogP contribution in [0, 0.1) is 46.5 Å². The molecular weight excluding hydrogens is 971 g/mol. The lowest BCUT2D eigenvalue weighted by atomic mass is 9.67. The lowest BCUT2D eigenvalue weighted by Gasteiger charge is -2.33. The van der Waals surface area contributed by atoms with E-state index in [-0.39, 0.29) is 36.2 Å². The number of nitrogens with two attached hydrogens (primary N) is 1. The Morgan fingerprint density at radius 3 is 0.747 bits per heavy atom. The largest absolute Gasteiger partial charge is 0.368 e. The minimum absolute atomic E-state index is 0. The van der Waals surface area contributed by atoms with Crippen molar-refractivity contribution in [2.45, 2.75) is 37.5 Å². The molecule has 0 saturated carbocycles. The molecule has 0 bridgehead atoms. The Kier molecular flexibility index (Phi) is 17.7. The summed E-state index contributed by atoms with van der Waals surface area (Å²) in [6.07, 6.45) is 0. The van der Waals surface area contributed by atoms with Gasteiger partial charge in [0, 0.05) is 5.56 Å². The summed E-state index contributed by atoms with van der Waals surface area (Å²) in [5, 5.41) is 0. The van der Waals surface area contributed by atoms with E-state index in [0.29, 0.717) is 38.9 Å². The van der Waals surface area contributed by atoms with Gasteiger partial charge in [0.15, 0.2) is 0 Å². The van der Waals surface area contributed by atoms with Crippen LogP contribution < -0.4 is 5.73 Å². The number of hydrogen-bond donors (Lipinski definition) is 1. The van der Waals surface area contributed by atoms with Gasteiger partial charge in [0.25, 0.3) is 0 Å². The smallest absolute Gasteiger partial charge is 0.237 e. The van der Waals surface area contributed by atoms with E-state index in [9.17, 15) is 49.5 Å². The summed E-state index contributed by atoms with van der Waals surface area (Å²) in [5.41, 5.74) is 5.89. The first kappa shape index (κ1) is 55.5. The second kappa shape index (κ2) is 23.8. The van der Waals surface area contributed by atoms with E-state index in [2.05, 4.69) is 0 Å². The molecule has 380 valence electrons. The van der Waals surface area contributed by atoms with E-state index in [0.717, 1.165) is 5.56 Å². The van der Waals surface area contributed by atoms with Gasteiger partial charge < -0.3 is 5.73 Å². The van der Waals surface area contributed by atoms with Crippen LogP contribution in [-0.2, 0) is 30.6 Å². The first-order chi connectivity index (χ1) is 35.4. The molecule has 0 unspecified atom stereocenters. The van der Waals surface area contributed by atoms with Crippen molar-refractivity contribution in [3.8, 4) is 0 Å². The second-order valence-electron chi connectivity index (χ2n) is 17.1. The summed E-state index contributed by atoms with van der Waals surface area (Å²) in [4.78, 5) is 38.3. The van der Waals surface area contributed by atoms with Gasteiger partial charge in [-0.05, 0) is 149 Å². The van der Waals surface area contributed by atoms with Gasteiger partial charge >= 0.3 is 0 Å². The van der Waals surface area contributed by atoms with Crippen LogP contribution in [0.3, 0.4) is 0 Å². The summed E-state index contributed by atoms with van der Waals surface area (Å²) < 4.78 is 108. The molecule has 12 heteroatoms. The van der Waals surface area contributed by atoms with Gasteiger partial charge in [-0.25, -0.2) is 35.1 Å². The maximum atomic E-state index is 14.7. The van der Waals surface area contributed by atoms with Crippen molar-refractivity contribution in [2.24, 2.45) is 5.73 Å². The molecule has 9 rings (SSSR count). The molecule has 4 nitrogen and oxygen atoms in total. The molecule has 0 heterocycles.